The fraction of sp³-hybridized carbons (Fsp3) is 0.371. The van der Waals surface area contributed by atoms with E-state index in [-0.39, 0.29) is 24.0 Å². The minimum Gasteiger partial charge on any atom is -0.490 e. The van der Waals surface area contributed by atoms with Crippen molar-refractivity contribution in [1.82, 2.24) is 20.1 Å². The summed E-state index contributed by atoms with van der Waals surface area (Å²) >= 11 is 12.4. The van der Waals surface area contributed by atoms with Gasteiger partial charge in [-0.15, -0.1) is 0 Å². The molecular formula is C35H39Cl2N5O3. The minimum absolute atomic E-state index is 0.00387. The first kappa shape index (κ1) is 31.3. The van der Waals surface area contributed by atoms with Crippen LogP contribution in [0.5, 0.6) is 5.75 Å². The number of benzene rings is 3. The number of anilines is 1. The third-order valence-electron chi connectivity index (χ3n) is 8.71. The molecule has 4 aromatic rings. The summed E-state index contributed by atoms with van der Waals surface area (Å²) in [6, 6.07) is 20.1. The number of nitrogens with zero attached hydrogens (tertiary/aromatic N) is 3. The highest BCUT2D eigenvalue weighted by molar-refractivity contribution is 6.31. The number of fused-ring (bicyclic) bond motifs is 2. The maximum atomic E-state index is 14.5. The lowest BCUT2D eigenvalue weighted by Crippen LogP contribution is -2.56. The van der Waals surface area contributed by atoms with Gasteiger partial charge in [0.25, 0.3) is 0 Å². The highest BCUT2D eigenvalue weighted by Gasteiger charge is 2.35. The first-order chi connectivity index (χ1) is 21.7. The first-order valence-corrected chi connectivity index (χ1v) is 16.3. The standard InChI is InChI=1S/C35H39Cl2N5O3/c1-40(2)21-23-17-24-18-27(37)9-12-33(24)42(22-23)34(43)32(19-25-20-38-31-6-4-3-5-30(25)31)39-35(44)41-15-13-29(14-16-41)45-28-10-7-26(36)8-11-28/h3-12,18,20,23,29,32,38H,13-17,19,21-22H2,1-2H3,(H,39,44)/t23-,32+/m0/s1. The molecule has 8 nitrogen and oxygen atoms in total. The van der Waals surface area contributed by atoms with Gasteiger partial charge in [0, 0.05) is 78.3 Å². The second kappa shape index (κ2) is 13.7. The average Bonchev–Trinajstić information content (AvgIpc) is 3.43. The number of rotatable bonds is 8. The number of hydrogen-bond acceptors (Lipinski definition) is 4. The molecule has 1 saturated heterocycles. The van der Waals surface area contributed by atoms with Crippen molar-refractivity contribution < 1.29 is 14.3 Å². The number of amides is 3. The number of para-hydroxylation sites is 1. The second-order valence-electron chi connectivity index (χ2n) is 12.4. The summed E-state index contributed by atoms with van der Waals surface area (Å²) < 4.78 is 6.13. The van der Waals surface area contributed by atoms with Crippen molar-refractivity contribution in [2.75, 3.05) is 45.2 Å². The van der Waals surface area contributed by atoms with Crippen molar-refractivity contribution in [3.05, 3.63) is 94.1 Å². The van der Waals surface area contributed by atoms with Crippen LogP contribution in [0, 0.1) is 5.92 Å². The predicted molar refractivity (Wildman–Crippen MR) is 181 cm³/mol. The van der Waals surface area contributed by atoms with E-state index in [9.17, 15) is 9.59 Å². The SMILES string of the molecule is CN(C)C[C@@H]1Cc2cc(Cl)ccc2N(C(=O)[C@@H](Cc2c[nH]c3ccccc23)NC(=O)N2CCC(Oc3ccc(Cl)cc3)CC2)C1. The second-order valence-corrected chi connectivity index (χ2v) is 13.3. The molecule has 2 aliphatic rings. The third-order valence-corrected chi connectivity index (χ3v) is 9.20. The van der Waals surface area contributed by atoms with Gasteiger partial charge in [0.2, 0.25) is 5.91 Å². The number of likely N-dealkylation sites (tertiary alicyclic amines) is 1. The van der Waals surface area contributed by atoms with E-state index < -0.39 is 6.04 Å². The van der Waals surface area contributed by atoms with Crippen LogP contribution < -0.4 is 15.0 Å². The molecule has 0 radical (unpaired) electrons. The Bertz CT molecular complexity index is 1650. The van der Waals surface area contributed by atoms with Crippen LogP contribution >= 0.6 is 23.2 Å². The van der Waals surface area contributed by atoms with Gasteiger partial charge in [0.05, 0.1) is 0 Å². The maximum Gasteiger partial charge on any atom is 0.318 e. The van der Waals surface area contributed by atoms with Crippen LogP contribution in [0.2, 0.25) is 10.0 Å². The van der Waals surface area contributed by atoms with Crippen molar-refractivity contribution in [3.8, 4) is 5.75 Å². The molecule has 0 bridgehead atoms. The molecule has 2 atom stereocenters. The quantitative estimate of drug-likeness (QED) is 0.232. The molecule has 6 rings (SSSR count). The molecule has 0 aliphatic carbocycles. The number of nitrogens with one attached hydrogen (secondary N) is 2. The van der Waals surface area contributed by atoms with Crippen molar-refractivity contribution in [1.29, 1.82) is 0 Å². The Morgan fingerprint density at radius 2 is 1.76 bits per heavy atom. The van der Waals surface area contributed by atoms with Crippen molar-refractivity contribution in [3.63, 3.8) is 0 Å². The number of aromatic nitrogens is 1. The number of ether oxygens (including phenoxy) is 1. The first-order valence-electron chi connectivity index (χ1n) is 15.5. The zero-order valence-corrected chi connectivity index (χ0v) is 27.2. The minimum atomic E-state index is -0.763. The van der Waals surface area contributed by atoms with Crippen LogP contribution in [-0.4, -0.2) is 79.1 Å². The zero-order valence-electron chi connectivity index (χ0n) is 25.6. The van der Waals surface area contributed by atoms with E-state index in [0.29, 0.717) is 48.9 Å². The van der Waals surface area contributed by atoms with Crippen molar-refractivity contribution in [2.45, 2.75) is 37.8 Å². The molecule has 3 amide bonds. The lowest BCUT2D eigenvalue weighted by molar-refractivity contribution is -0.120. The Morgan fingerprint density at radius 1 is 1.02 bits per heavy atom. The van der Waals surface area contributed by atoms with Gasteiger partial charge in [-0.1, -0.05) is 41.4 Å². The van der Waals surface area contributed by atoms with E-state index in [1.54, 1.807) is 4.90 Å². The van der Waals surface area contributed by atoms with E-state index in [4.69, 9.17) is 27.9 Å². The molecule has 0 unspecified atom stereocenters. The van der Waals surface area contributed by atoms with Gasteiger partial charge in [-0.05, 0) is 86.1 Å². The van der Waals surface area contributed by atoms with Crippen molar-refractivity contribution >= 4 is 51.7 Å². The Kier molecular flexibility index (Phi) is 9.54. The van der Waals surface area contributed by atoms with Gasteiger partial charge in [-0.25, -0.2) is 4.79 Å². The largest absolute Gasteiger partial charge is 0.490 e. The summed E-state index contributed by atoms with van der Waals surface area (Å²) in [5.41, 5.74) is 3.89. The van der Waals surface area contributed by atoms with Crippen LogP contribution in [0.25, 0.3) is 10.9 Å². The van der Waals surface area contributed by atoms with Gasteiger partial charge >= 0.3 is 6.03 Å². The molecule has 3 aromatic carbocycles. The summed E-state index contributed by atoms with van der Waals surface area (Å²) in [6.45, 7) is 2.48. The maximum absolute atomic E-state index is 14.5. The van der Waals surface area contributed by atoms with E-state index >= 15 is 0 Å². The molecule has 1 fully saturated rings. The fourth-order valence-electron chi connectivity index (χ4n) is 6.59. The molecule has 0 spiro atoms. The third kappa shape index (κ3) is 7.40. The topological polar surface area (TPSA) is 80.9 Å². The summed E-state index contributed by atoms with van der Waals surface area (Å²) in [6.07, 6.45) is 4.54. The molecule has 10 heteroatoms. The highest BCUT2D eigenvalue weighted by Crippen LogP contribution is 2.33. The number of H-pyrrole nitrogens is 1. The Balaban J connectivity index is 1.21. The monoisotopic (exact) mass is 647 g/mol. The van der Waals surface area contributed by atoms with Gasteiger partial charge in [0.15, 0.2) is 0 Å². The highest BCUT2D eigenvalue weighted by atomic mass is 35.5. The number of carbonyl (C=O) groups is 2. The van der Waals surface area contributed by atoms with Crippen LogP contribution in [0.4, 0.5) is 10.5 Å². The number of piperidine rings is 1. The smallest absolute Gasteiger partial charge is 0.318 e. The van der Waals surface area contributed by atoms with Crippen LogP contribution in [0.15, 0.2) is 72.9 Å². The van der Waals surface area contributed by atoms with Gasteiger partial charge in [-0.2, -0.15) is 0 Å². The number of carbonyl (C=O) groups excluding carboxylic acids is 2. The number of halogens is 2. The van der Waals surface area contributed by atoms with Gasteiger partial charge in [0.1, 0.15) is 17.9 Å². The summed E-state index contributed by atoms with van der Waals surface area (Å²) in [4.78, 5) is 37.4. The molecule has 236 valence electrons. The lowest BCUT2D eigenvalue weighted by Gasteiger charge is -2.38. The molecule has 2 N–H and O–H groups in total. The predicted octanol–water partition coefficient (Wildman–Crippen LogP) is 6.41. The van der Waals surface area contributed by atoms with E-state index in [1.807, 2.05) is 91.9 Å². The normalized spacial score (nSPS) is 17.8. The Hall–Kier alpha value is -3.72. The molecule has 45 heavy (non-hydrogen) atoms. The van der Waals surface area contributed by atoms with Gasteiger partial charge in [-0.3, -0.25) is 4.79 Å². The number of hydrogen-bond donors (Lipinski definition) is 2. The molecule has 3 heterocycles. The zero-order chi connectivity index (χ0) is 31.5. The molecule has 2 aliphatic heterocycles. The lowest BCUT2D eigenvalue weighted by atomic mass is 9.91. The van der Waals surface area contributed by atoms with Crippen LogP contribution in [0.3, 0.4) is 0 Å². The summed E-state index contributed by atoms with van der Waals surface area (Å²) in [5, 5.41) is 5.50. The van der Waals surface area contributed by atoms with E-state index in [0.717, 1.165) is 46.4 Å². The molecular weight excluding hydrogens is 609 g/mol. The summed E-state index contributed by atoms with van der Waals surface area (Å²) in [5.74, 6) is 0.878. The van der Waals surface area contributed by atoms with E-state index in [2.05, 4.69) is 15.2 Å². The van der Waals surface area contributed by atoms with Crippen molar-refractivity contribution in [2.24, 2.45) is 5.92 Å². The number of aromatic amines is 1. The molecule has 1 aromatic heterocycles. The van der Waals surface area contributed by atoms with Gasteiger partial charge < -0.3 is 29.7 Å². The Morgan fingerprint density at radius 3 is 2.51 bits per heavy atom. The molecule has 0 saturated carbocycles. The number of urea groups is 1. The van der Waals surface area contributed by atoms with Crippen LogP contribution in [-0.2, 0) is 17.6 Å². The average molecular weight is 649 g/mol. The fourth-order valence-corrected chi connectivity index (χ4v) is 6.91. The summed E-state index contributed by atoms with van der Waals surface area (Å²) in [7, 11) is 4.09. The van der Waals surface area contributed by atoms with Crippen LogP contribution in [0.1, 0.15) is 24.0 Å². The Labute approximate surface area is 274 Å². The van der Waals surface area contributed by atoms with E-state index in [1.165, 1.54) is 0 Å².